The minimum Gasteiger partial charge on any atom is -0.369 e. The summed E-state index contributed by atoms with van der Waals surface area (Å²) in [5.74, 6) is -0.800. The van der Waals surface area contributed by atoms with Crippen molar-refractivity contribution < 1.29 is 9.31 Å². The van der Waals surface area contributed by atoms with Crippen LogP contribution in [0, 0.1) is 15.9 Å². The molecule has 2 rings (SSSR count). The SMILES string of the molecule is CN(CCc1cccs1)c1cccc(F)c1[N+](=O)[O-]. The summed E-state index contributed by atoms with van der Waals surface area (Å²) < 4.78 is 13.5. The maximum absolute atomic E-state index is 13.5. The molecule has 1 heterocycles. The van der Waals surface area contributed by atoms with Crippen molar-refractivity contribution in [3.05, 3.63) is 56.5 Å². The number of nitrogens with zero attached hydrogens (tertiary/aromatic N) is 2. The summed E-state index contributed by atoms with van der Waals surface area (Å²) in [6.07, 6.45) is 0.780. The Morgan fingerprint density at radius 1 is 1.37 bits per heavy atom. The van der Waals surface area contributed by atoms with Gasteiger partial charge in [-0.3, -0.25) is 10.1 Å². The maximum Gasteiger partial charge on any atom is 0.327 e. The quantitative estimate of drug-likeness (QED) is 0.622. The van der Waals surface area contributed by atoms with Crippen LogP contribution in [0.25, 0.3) is 0 Å². The fourth-order valence-electron chi connectivity index (χ4n) is 1.85. The second-order valence-electron chi connectivity index (χ2n) is 4.12. The van der Waals surface area contributed by atoms with E-state index >= 15 is 0 Å². The highest BCUT2D eigenvalue weighted by Crippen LogP contribution is 2.30. The van der Waals surface area contributed by atoms with E-state index in [1.807, 2.05) is 17.5 Å². The van der Waals surface area contributed by atoms with E-state index in [-0.39, 0.29) is 0 Å². The molecule has 0 saturated heterocycles. The molecule has 6 heteroatoms. The Kier molecular flexibility index (Phi) is 4.11. The summed E-state index contributed by atoms with van der Waals surface area (Å²) >= 11 is 1.64. The van der Waals surface area contributed by atoms with E-state index in [2.05, 4.69) is 0 Å². The van der Waals surface area contributed by atoms with Crippen LogP contribution in [-0.2, 0) is 6.42 Å². The molecule has 0 aliphatic carbocycles. The Morgan fingerprint density at radius 2 is 2.16 bits per heavy atom. The minimum absolute atomic E-state index is 0.307. The zero-order valence-electron chi connectivity index (χ0n) is 10.4. The highest BCUT2D eigenvalue weighted by atomic mass is 32.1. The molecule has 1 aromatic heterocycles. The molecule has 0 unspecified atom stereocenters. The Bertz CT molecular complexity index is 572. The molecular formula is C13H13FN2O2S. The molecule has 0 fully saturated rings. The van der Waals surface area contributed by atoms with Crippen LogP contribution in [0.4, 0.5) is 15.8 Å². The first-order chi connectivity index (χ1) is 9.09. The molecule has 4 nitrogen and oxygen atoms in total. The van der Waals surface area contributed by atoms with Gasteiger partial charge in [0.1, 0.15) is 5.69 Å². The number of nitro benzene ring substituents is 1. The topological polar surface area (TPSA) is 46.4 Å². The van der Waals surface area contributed by atoms with Crippen LogP contribution < -0.4 is 4.90 Å². The van der Waals surface area contributed by atoms with Crippen LogP contribution in [0.3, 0.4) is 0 Å². The number of hydrogen-bond donors (Lipinski definition) is 0. The fourth-order valence-corrected chi connectivity index (χ4v) is 2.54. The molecule has 0 radical (unpaired) electrons. The molecule has 1 aromatic carbocycles. The van der Waals surface area contributed by atoms with Crippen LogP contribution in [0.15, 0.2) is 35.7 Å². The van der Waals surface area contributed by atoms with Crippen molar-refractivity contribution in [1.29, 1.82) is 0 Å². The molecule has 0 aliphatic rings. The van der Waals surface area contributed by atoms with Crippen molar-refractivity contribution >= 4 is 22.7 Å². The summed E-state index contributed by atoms with van der Waals surface area (Å²) in [4.78, 5) is 13.2. The van der Waals surface area contributed by atoms with Crippen molar-refractivity contribution in [3.8, 4) is 0 Å². The molecule has 19 heavy (non-hydrogen) atoms. The Morgan fingerprint density at radius 3 is 2.79 bits per heavy atom. The van der Waals surface area contributed by atoms with Gasteiger partial charge in [-0.2, -0.15) is 4.39 Å². The van der Waals surface area contributed by atoms with Crippen LogP contribution >= 0.6 is 11.3 Å². The maximum atomic E-state index is 13.5. The van der Waals surface area contributed by atoms with Crippen molar-refractivity contribution in [2.24, 2.45) is 0 Å². The lowest BCUT2D eigenvalue weighted by molar-refractivity contribution is -0.386. The van der Waals surface area contributed by atoms with Gasteiger partial charge in [-0.15, -0.1) is 11.3 Å². The Hall–Kier alpha value is -1.95. The number of para-hydroxylation sites is 1. The number of nitro groups is 1. The van der Waals surface area contributed by atoms with E-state index in [0.29, 0.717) is 12.2 Å². The third-order valence-corrected chi connectivity index (χ3v) is 3.77. The van der Waals surface area contributed by atoms with E-state index in [4.69, 9.17) is 0 Å². The normalized spacial score (nSPS) is 10.4. The fraction of sp³-hybridized carbons (Fsp3) is 0.231. The predicted molar refractivity (Wildman–Crippen MR) is 74.3 cm³/mol. The zero-order valence-corrected chi connectivity index (χ0v) is 11.2. The van der Waals surface area contributed by atoms with Gasteiger partial charge < -0.3 is 4.90 Å². The smallest absolute Gasteiger partial charge is 0.327 e. The number of rotatable bonds is 5. The van der Waals surface area contributed by atoms with Gasteiger partial charge in [-0.05, 0) is 30.0 Å². The average Bonchev–Trinajstić information content (AvgIpc) is 2.88. The first-order valence-corrected chi connectivity index (χ1v) is 6.64. The minimum atomic E-state index is -0.800. The molecule has 0 N–H and O–H groups in total. The summed E-state index contributed by atoms with van der Waals surface area (Å²) in [6, 6.07) is 8.13. The van der Waals surface area contributed by atoms with Crippen molar-refractivity contribution in [2.45, 2.75) is 6.42 Å². The largest absolute Gasteiger partial charge is 0.369 e. The number of thiophene rings is 1. The van der Waals surface area contributed by atoms with Gasteiger partial charge in [0.15, 0.2) is 0 Å². The number of hydrogen-bond acceptors (Lipinski definition) is 4. The number of anilines is 1. The predicted octanol–water partition coefficient (Wildman–Crippen LogP) is 3.47. The molecule has 0 bridgehead atoms. The summed E-state index contributed by atoms with van der Waals surface area (Å²) in [7, 11) is 1.73. The lowest BCUT2D eigenvalue weighted by atomic mass is 10.2. The number of halogens is 1. The van der Waals surface area contributed by atoms with E-state index in [0.717, 1.165) is 12.5 Å². The van der Waals surface area contributed by atoms with E-state index in [9.17, 15) is 14.5 Å². The van der Waals surface area contributed by atoms with Gasteiger partial charge in [-0.1, -0.05) is 12.1 Å². The van der Waals surface area contributed by atoms with Gasteiger partial charge in [0, 0.05) is 18.5 Å². The molecule has 0 saturated carbocycles. The number of likely N-dealkylation sites (N-methyl/N-ethyl adjacent to an activating group) is 1. The van der Waals surface area contributed by atoms with Crippen LogP contribution in [0.1, 0.15) is 4.88 Å². The van der Waals surface area contributed by atoms with Gasteiger partial charge in [-0.25, -0.2) is 0 Å². The third-order valence-electron chi connectivity index (χ3n) is 2.83. The Labute approximate surface area is 114 Å². The lowest BCUT2D eigenvalue weighted by Crippen LogP contribution is -2.21. The highest BCUT2D eigenvalue weighted by molar-refractivity contribution is 7.09. The molecule has 0 spiro atoms. The first kappa shape index (κ1) is 13.5. The van der Waals surface area contributed by atoms with E-state index in [1.54, 1.807) is 29.4 Å². The average molecular weight is 280 g/mol. The molecule has 2 aromatic rings. The van der Waals surface area contributed by atoms with Crippen LogP contribution in [0.5, 0.6) is 0 Å². The number of benzene rings is 1. The lowest BCUT2D eigenvalue weighted by Gasteiger charge is -2.18. The second-order valence-corrected chi connectivity index (χ2v) is 5.15. The molecular weight excluding hydrogens is 267 g/mol. The first-order valence-electron chi connectivity index (χ1n) is 5.76. The van der Waals surface area contributed by atoms with Gasteiger partial charge >= 0.3 is 5.69 Å². The molecule has 0 amide bonds. The summed E-state index contributed by atoms with van der Waals surface area (Å²) in [6.45, 7) is 0.602. The van der Waals surface area contributed by atoms with Crippen molar-refractivity contribution in [2.75, 3.05) is 18.5 Å². The third kappa shape index (κ3) is 3.08. The standard InChI is InChI=1S/C13H13FN2O2S/c1-15(8-7-10-4-3-9-19-10)12-6-2-5-11(14)13(12)16(17)18/h2-6,9H,7-8H2,1H3. The molecule has 0 aliphatic heterocycles. The molecule has 0 atom stereocenters. The summed E-state index contributed by atoms with van der Waals surface area (Å²) in [5, 5.41) is 12.9. The van der Waals surface area contributed by atoms with Gasteiger partial charge in [0.05, 0.1) is 4.92 Å². The van der Waals surface area contributed by atoms with E-state index in [1.165, 1.54) is 10.9 Å². The van der Waals surface area contributed by atoms with Gasteiger partial charge in [0.2, 0.25) is 5.82 Å². The zero-order chi connectivity index (χ0) is 13.8. The summed E-state index contributed by atoms with van der Waals surface area (Å²) in [5.41, 5.74) is -0.155. The van der Waals surface area contributed by atoms with Crippen molar-refractivity contribution in [3.63, 3.8) is 0 Å². The second kappa shape index (κ2) is 5.79. The molecule has 100 valence electrons. The highest BCUT2D eigenvalue weighted by Gasteiger charge is 2.22. The van der Waals surface area contributed by atoms with Crippen molar-refractivity contribution in [1.82, 2.24) is 0 Å². The van der Waals surface area contributed by atoms with Crippen LogP contribution in [0.2, 0.25) is 0 Å². The van der Waals surface area contributed by atoms with Gasteiger partial charge in [0.25, 0.3) is 0 Å². The van der Waals surface area contributed by atoms with E-state index < -0.39 is 16.4 Å². The Balaban J connectivity index is 2.16. The monoisotopic (exact) mass is 280 g/mol. The van der Waals surface area contributed by atoms with Crippen LogP contribution in [-0.4, -0.2) is 18.5 Å².